The van der Waals surface area contributed by atoms with Crippen LogP contribution in [0.25, 0.3) is 0 Å². The highest BCUT2D eigenvalue weighted by Gasteiger charge is 2.37. The number of carbonyl (C=O) groups is 3. The Morgan fingerprint density at radius 1 is 0.500 bits per heavy atom. The van der Waals surface area contributed by atoms with Crippen LogP contribution in [0.4, 0.5) is 32.0 Å². The van der Waals surface area contributed by atoms with Crippen molar-refractivity contribution in [3.05, 3.63) is 167 Å². The van der Waals surface area contributed by atoms with Gasteiger partial charge in [0.25, 0.3) is 0 Å². The number of rotatable bonds is 17. The average Bonchev–Trinajstić information content (AvgIpc) is 3.69. The molecule has 0 amide bonds. The number of aliphatic hydroxyl groups excluding tert-OH is 2. The fraction of sp³-hybridized carbons (Fsp3) is 0.381. The molecule has 0 saturated carbocycles. The molecule has 6 aromatic rings. The van der Waals surface area contributed by atoms with Crippen molar-refractivity contribution in [3.63, 3.8) is 0 Å². The normalized spacial score (nSPS) is 11.6. The van der Waals surface area contributed by atoms with Crippen LogP contribution in [0.1, 0.15) is 54.2 Å². The van der Waals surface area contributed by atoms with Crippen molar-refractivity contribution in [2.24, 2.45) is 0 Å². The van der Waals surface area contributed by atoms with E-state index >= 15 is 0 Å². The van der Waals surface area contributed by atoms with Crippen molar-refractivity contribution in [1.29, 1.82) is 0 Å². The Balaban J connectivity index is 0.000000370. The molecule has 1 saturated heterocycles. The van der Waals surface area contributed by atoms with Gasteiger partial charge in [-0.1, -0.05) is 32.9 Å². The average molecular weight is 1480 g/mol. The predicted molar refractivity (Wildman–Crippen MR) is 342 cm³/mol. The van der Waals surface area contributed by atoms with Gasteiger partial charge >= 0.3 is 17.9 Å². The highest BCUT2D eigenvalue weighted by Crippen LogP contribution is 2.38. The number of aliphatic hydroxyl groups is 2. The Kier molecular flexibility index (Phi) is 35.0. The number of phenolic OH excluding ortho intramolecular Hbond substituents is 1. The lowest BCUT2D eigenvalue weighted by Crippen LogP contribution is -2.43. The molecule has 496 valence electrons. The van der Waals surface area contributed by atoms with Crippen LogP contribution in [0.3, 0.4) is 0 Å². The summed E-state index contributed by atoms with van der Waals surface area (Å²) in [5.74, 6) is -1.90. The van der Waals surface area contributed by atoms with E-state index in [0.29, 0.717) is 82.3 Å². The fourth-order valence-corrected chi connectivity index (χ4v) is 9.53. The lowest BCUT2D eigenvalue weighted by Gasteiger charge is -2.36. The number of nitrogens with zero attached hydrogens (tertiary/aromatic N) is 1. The van der Waals surface area contributed by atoms with Crippen LogP contribution in [0.5, 0.6) is 34.5 Å². The van der Waals surface area contributed by atoms with Gasteiger partial charge < -0.3 is 67.9 Å². The zero-order chi connectivity index (χ0) is 68.1. The molecule has 6 aromatic carbocycles. The number of hydrogen-bond acceptors (Lipinski definition) is 17. The van der Waals surface area contributed by atoms with E-state index < -0.39 is 43.5 Å². The van der Waals surface area contributed by atoms with Gasteiger partial charge in [0.1, 0.15) is 69.4 Å². The number of piperazine rings is 1. The van der Waals surface area contributed by atoms with Crippen LogP contribution in [-0.2, 0) is 72.1 Å². The smallest absolute Gasteiger partial charge is 0.310 e. The largest absolute Gasteiger partial charge is 0.508 e. The summed E-state index contributed by atoms with van der Waals surface area (Å²) in [5.41, 5.74) is 4.12. The topological polar surface area (TPSA) is 210 Å². The summed E-state index contributed by atoms with van der Waals surface area (Å²) in [5, 5.41) is 30.6. The Bertz CT molecular complexity index is 3260. The zero-order valence-corrected chi connectivity index (χ0v) is 58.0. The quantitative estimate of drug-likeness (QED) is 0.0289. The van der Waals surface area contributed by atoms with Crippen molar-refractivity contribution in [1.82, 2.24) is 5.32 Å². The van der Waals surface area contributed by atoms with E-state index in [-0.39, 0.29) is 60.9 Å². The summed E-state index contributed by atoms with van der Waals surface area (Å²) >= 11 is 9.24. The van der Waals surface area contributed by atoms with Gasteiger partial charge in [0.15, 0.2) is 8.32 Å². The van der Waals surface area contributed by atoms with Crippen molar-refractivity contribution in [2.75, 3.05) is 88.0 Å². The van der Waals surface area contributed by atoms with E-state index in [9.17, 15) is 50.9 Å². The van der Waals surface area contributed by atoms with Crippen molar-refractivity contribution in [3.8, 4) is 34.5 Å². The maximum absolute atomic E-state index is 13.9. The third-order valence-electron chi connectivity index (χ3n) is 13.5. The highest BCUT2D eigenvalue weighted by molar-refractivity contribution is 9.11. The van der Waals surface area contributed by atoms with Gasteiger partial charge in [0, 0.05) is 96.0 Å². The van der Waals surface area contributed by atoms with Gasteiger partial charge in [-0.3, -0.25) is 14.4 Å². The number of methoxy groups -OCH3 is 8. The Hall–Kier alpha value is -6.59. The number of nitrogens with one attached hydrogen (secondary N) is 1. The molecule has 7 rings (SSSR count). The zero-order valence-electron chi connectivity index (χ0n) is 52.2. The molecule has 17 nitrogen and oxygen atoms in total. The summed E-state index contributed by atoms with van der Waals surface area (Å²) in [6, 6.07) is 19.1. The Morgan fingerprint density at radius 2 is 0.856 bits per heavy atom. The van der Waals surface area contributed by atoms with Gasteiger partial charge in [-0.25, -0.2) is 26.3 Å². The van der Waals surface area contributed by atoms with E-state index in [4.69, 9.17) is 33.2 Å². The maximum atomic E-state index is 13.9. The number of ether oxygens (including phenoxy) is 8. The lowest BCUT2D eigenvalue weighted by molar-refractivity contribution is -0.140. The minimum Gasteiger partial charge on any atom is -0.508 e. The third-order valence-corrected chi connectivity index (χ3v) is 19.8. The molecule has 0 bridgehead atoms. The van der Waals surface area contributed by atoms with E-state index in [0.717, 1.165) is 37.8 Å². The fourth-order valence-electron chi connectivity index (χ4n) is 7.41. The number of carbonyl (C=O) groups excluding carboxylic acids is 3. The van der Waals surface area contributed by atoms with Crippen molar-refractivity contribution >= 4 is 79.7 Å². The molecule has 1 aliphatic rings. The molecular formula is C63H77Br3F6N2O15Si. The number of anilines is 1. The van der Waals surface area contributed by atoms with Gasteiger partial charge in [0.2, 0.25) is 0 Å². The van der Waals surface area contributed by atoms with Crippen LogP contribution < -0.4 is 33.9 Å². The number of phenols is 1. The second-order valence-corrected chi connectivity index (χ2v) is 27.8. The second-order valence-electron chi connectivity index (χ2n) is 20.4. The highest BCUT2D eigenvalue weighted by atomic mass is 79.9. The standard InChI is InChI=1S/C14H22BrFO2Si.C12H17FN2O2.C10H10BrFO3.C10H11FO3.C9H9FO3.C8H8BrFO2/c1-14(2,3)19(5,6)18-9-10-7-11(15)12(16)8-13(10)17-4;1-17-12-7-10(13)11(6-9(12)8-16)15-4-2-14-3-5-15;1-14-9-5-8(12)7(11)3-6(9)4-10(13)15-2;1-13-9-6-8(11)4-3-7(9)5-10(12)14-2;1-13-9(12)4-6-2-3-7(10)5-8(6)11;1-12-8-3-7(10)6(9)2-5(8)4-11/h7-8H,9H2,1-6H3;6-7,14,16H,2-5,8H2,1H3;3,5H,4H2,1-2H3;3-4,6H,5H2,1-2H3;2-3,5,11H,4H2,1H3;2-3,11H,4H2,1H3. The molecule has 0 spiro atoms. The summed E-state index contributed by atoms with van der Waals surface area (Å²) < 4.78 is 124. The van der Waals surface area contributed by atoms with Crippen LogP contribution in [0.2, 0.25) is 18.1 Å². The molecule has 0 atom stereocenters. The monoisotopic (exact) mass is 1480 g/mol. The second kappa shape index (κ2) is 39.6. The molecule has 4 N–H and O–H groups in total. The predicted octanol–water partition coefficient (Wildman–Crippen LogP) is 13.1. The van der Waals surface area contributed by atoms with Crippen LogP contribution in [0.15, 0.2) is 98.3 Å². The van der Waals surface area contributed by atoms with E-state index in [1.54, 1.807) is 19.2 Å². The molecule has 1 aliphatic heterocycles. The summed E-state index contributed by atoms with van der Waals surface area (Å²) in [7, 11) is 9.33. The third kappa shape index (κ3) is 26.0. The van der Waals surface area contributed by atoms with E-state index in [1.165, 1.54) is 116 Å². The summed E-state index contributed by atoms with van der Waals surface area (Å²) in [4.78, 5) is 34.8. The first kappa shape index (κ1) is 79.5. The molecule has 0 aromatic heterocycles. The van der Waals surface area contributed by atoms with Crippen molar-refractivity contribution in [2.45, 2.75) is 78.0 Å². The molecule has 0 radical (unpaired) electrons. The molecule has 0 unspecified atom stereocenters. The lowest BCUT2D eigenvalue weighted by atomic mass is 10.1. The molecular weight excluding hydrogens is 1410 g/mol. The van der Waals surface area contributed by atoms with Gasteiger partial charge in [-0.2, -0.15) is 0 Å². The first-order valence-corrected chi connectivity index (χ1v) is 32.4. The van der Waals surface area contributed by atoms with E-state index in [1.807, 2.05) is 4.90 Å². The number of halogens is 9. The first-order valence-electron chi connectivity index (χ1n) is 27.2. The van der Waals surface area contributed by atoms with E-state index in [2.05, 4.69) is 101 Å². The molecule has 90 heavy (non-hydrogen) atoms. The molecule has 0 aliphatic carbocycles. The van der Waals surface area contributed by atoms with Gasteiger partial charge in [-0.15, -0.1) is 0 Å². The summed E-state index contributed by atoms with van der Waals surface area (Å²) in [6.45, 7) is 14.3. The Morgan fingerprint density at radius 3 is 1.28 bits per heavy atom. The maximum Gasteiger partial charge on any atom is 0.310 e. The summed E-state index contributed by atoms with van der Waals surface area (Å²) in [6.07, 6.45) is 0.0844. The molecule has 27 heteroatoms. The number of hydrogen-bond donors (Lipinski definition) is 4. The van der Waals surface area contributed by atoms with Gasteiger partial charge in [-0.05, 0) is 102 Å². The van der Waals surface area contributed by atoms with Crippen LogP contribution >= 0.6 is 47.8 Å². The Labute approximate surface area is 547 Å². The minimum atomic E-state index is -1.82. The number of benzene rings is 6. The number of aromatic hydroxyl groups is 1. The van der Waals surface area contributed by atoms with Crippen molar-refractivity contribution < 1.29 is 98.4 Å². The van der Waals surface area contributed by atoms with Crippen LogP contribution in [-0.4, -0.2) is 125 Å². The number of esters is 3. The van der Waals surface area contributed by atoms with Crippen LogP contribution in [0, 0.1) is 34.9 Å². The SMILES string of the molecule is COC(=O)Cc1cc(Br)c(F)cc1OC.COC(=O)Cc1ccc(F)cc1O.COC(=O)Cc1ccc(F)cc1OC.COc1cc(F)c(Br)cc1CO.COc1cc(F)c(Br)cc1CO[Si](C)(C)C(C)(C)C.COc1cc(F)c(N2CCNCC2)cc1CO. The molecule has 1 fully saturated rings. The van der Waals surface area contributed by atoms with Gasteiger partial charge in [0.05, 0.1) is 115 Å². The minimum absolute atomic E-state index is 0.0530. The molecule has 1 heterocycles. The first-order chi connectivity index (χ1) is 42.4.